The molecule has 0 bridgehead atoms. The topological polar surface area (TPSA) is 165 Å². The summed E-state index contributed by atoms with van der Waals surface area (Å²) in [7, 11) is 3.69. The van der Waals surface area contributed by atoms with Crippen LogP contribution in [0.1, 0.15) is 84.5 Å². The molecule has 12 unspecified atom stereocenters. The summed E-state index contributed by atoms with van der Waals surface area (Å²) in [5.74, 6) is 1.58. The lowest BCUT2D eigenvalue weighted by molar-refractivity contribution is -0.706. The predicted octanol–water partition coefficient (Wildman–Crippen LogP) is 2.69. The predicted molar refractivity (Wildman–Crippen MR) is 195 cm³/mol. The number of aliphatic hydroxyl groups excluding tert-OH is 2. The number of esters is 2. The summed E-state index contributed by atoms with van der Waals surface area (Å²) in [6.07, 6.45) is 10.6. The third kappa shape index (κ3) is 7.18. The number of piperidine rings is 1. The van der Waals surface area contributed by atoms with Crippen molar-refractivity contribution in [2.75, 3.05) is 37.8 Å². The molecule has 7 rings (SSSR count). The Hall–Kier alpha value is -1.61. The van der Waals surface area contributed by atoms with E-state index in [0.717, 1.165) is 50.3 Å². The summed E-state index contributed by atoms with van der Waals surface area (Å²) >= 11 is 0. The molecular formula is C38H58N3O8S2+. The number of carbonyl (C=O) groups is 3. The molecule has 51 heavy (non-hydrogen) atoms. The quantitative estimate of drug-likeness (QED) is 0.131. The Morgan fingerprint density at radius 1 is 1.14 bits per heavy atom. The lowest BCUT2D eigenvalue weighted by Gasteiger charge is -2.56. The Balaban J connectivity index is 1.28. The number of nitrogens with zero attached hydrogens (tertiary/aromatic N) is 1. The van der Waals surface area contributed by atoms with Crippen LogP contribution in [-0.2, 0) is 28.6 Å². The second kappa shape index (κ2) is 15.6. The fourth-order valence-electron chi connectivity index (χ4n) is 10.8. The number of amides is 1. The van der Waals surface area contributed by atoms with E-state index in [9.17, 15) is 24.6 Å². The minimum Gasteiger partial charge on any atom is -0.462 e. The molecule has 5 aliphatic heterocycles. The van der Waals surface area contributed by atoms with Crippen molar-refractivity contribution in [1.82, 2.24) is 4.90 Å². The highest BCUT2D eigenvalue weighted by Crippen LogP contribution is 2.62. The van der Waals surface area contributed by atoms with Gasteiger partial charge in [0.05, 0.1) is 18.6 Å². The van der Waals surface area contributed by atoms with Gasteiger partial charge in [-0.2, -0.15) is 0 Å². The van der Waals surface area contributed by atoms with Gasteiger partial charge in [0.15, 0.2) is 0 Å². The van der Waals surface area contributed by atoms with Gasteiger partial charge in [0, 0.05) is 86.8 Å². The first-order valence-corrected chi connectivity index (χ1v) is 21.9. The zero-order chi connectivity index (χ0) is 35.9. The maximum Gasteiger partial charge on any atom is 0.334 e. The van der Waals surface area contributed by atoms with Gasteiger partial charge in [-0.15, -0.1) is 0 Å². The smallest absolute Gasteiger partial charge is 0.334 e. The van der Waals surface area contributed by atoms with Crippen LogP contribution >= 0.6 is 21.6 Å². The first-order valence-electron chi connectivity index (χ1n) is 19.4. The molecule has 5 saturated heterocycles. The van der Waals surface area contributed by atoms with Crippen molar-refractivity contribution in [3.8, 4) is 0 Å². The first kappa shape index (κ1) is 37.7. The van der Waals surface area contributed by atoms with E-state index in [4.69, 9.17) is 19.9 Å². The van der Waals surface area contributed by atoms with Gasteiger partial charge in [0.1, 0.15) is 23.5 Å². The van der Waals surface area contributed by atoms with Crippen molar-refractivity contribution in [3.05, 3.63) is 23.3 Å². The number of carbonyl (C=O) groups excluding carboxylic acids is 3. The van der Waals surface area contributed by atoms with Gasteiger partial charge in [-0.05, 0) is 70.1 Å². The fourth-order valence-corrected chi connectivity index (χ4v) is 13.3. The highest BCUT2D eigenvalue weighted by atomic mass is 33.1. The van der Waals surface area contributed by atoms with E-state index in [1.54, 1.807) is 13.0 Å². The van der Waals surface area contributed by atoms with Gasteiger partial charge < -0.3 is 34.6 Å². The molecule has 1 amide bonds. The SMILES string of the molecule is CC=C(CCO)C(=O)OC1(C)CC=C2CSSCC3CCN3C(=O)CC3C[NH2+]C(N)CC3C2C12CC1CC3CC(CCCO)C(=O)OC3CC1O2. The molecule has 284 valence electrons. The molecule has 5 heterocycles. The van der Waals surface area contributed by atoms with Crippen LogP contribution < -0.4 is 11.1 Å². The van der Waals surface area contributed by atoms with E-state index >= 15 is 0 Å². The van der Waals surface area contributed by atoms with E-state index < -0.39 is 17.2 Å². The van der Waals surface area contributed by atoms with Crippen LogP contribution in [-0.4, -0.2) is 106 Å². The van der Waals surface area contributed by atoms with E-state index in [1.807, 2.05) is 28.5 Å². The average Bonchev–Trinajstić information content (AvgIpc) is 3.45. The zero-order valence-electron chi connectivity index (χ0n) is 30.2. The molecule has 6 fully saturated rings. The molecule has 1 saturated carbocycles. The van der Waals surface area contributed by atoms with E-state index in [0.29, 0.717) is 50.1 Å². The Bertz CT molecular complexity index is 1400. The molecule has 7 aliphatic rings. The van der Waals surface area contributed by atoms with Gasteiger partial charge in [0.25, 0.3) is 0 Å². The minimum absolute atomic E-state index is 0.0463. The molecule has 12 atom stereocenters. The second-order valence-electron chi connectivity index (χ2n) is 16.5. The minimum atomic E-state index is -1.03. The summed E-state index contributed by atoms with van der Waals surface area (Å²) < 4.78 is 20.3. The molecule has 2 aliphatic carbocycles. The zero-order valence-corrected chi connectivity index (χ0v) is 31.8. The van der Waals surface area contributed by atoms with Crippen LogP contribution in [0.3, 0.4) is 0 Å². The maximum atomic E-state index is 13.9. The second-order valence-corrected chi connectivity index (χ2v) is 19.0. The van der Waals surface area contributed by atoms with Gasteiger partial charge in [-0.3, -0.25) is 15.3 Å². The summed E-state index contributed by atoms with van der Waals surface area (Å²) in [5, 5.41) is 21.4. The van der Waals surface area contributed by atoms with Gasteiger partial charge >= 0.3 is 11.9 Å². The highest BCUT2D eigenvalue weighted by Gasteiger charge is 2.68. The van der Waals surface area contributed by atoms with Crippen LogP contribution in [0.2, 0.25) is 0 Å². The fraction of sp³-hybridized carbons (Fsp3) is 0.816. The molecule has 0 aromatic rings. The summed E-state index contributed by atoms with van der Waals surface area (Å²) in [6, 6.07) is 0.301. The molecule has 11 nitrogen and oxygen atoms in total. The van der Waals surface area contributed by atoms with Crippen molar-refractivity contribution in [2.45, 2.75) is 120 Å². The Morgan fingerprint density at radius 3 is 2.73 bits per heavy atom. The molecule has 13 heteroatoms. The van der Waals surface area contributed by atoms with Crippen LogP contribution in [0, 0.1) is 35.5 Å². The molecular weight excluding hydrogens is 691 g/mol. The number of hydrogen-bond acceptors (Lipinski definition) is 11. The largest absolute Gasteiger partial charge is 0.462 e. The third-order valence-corrected chi connectivity index (χ3v) is 16.0. The molecule has 0 aromatic carbocycles. The standard InChI is InChI=1S/C38H57N3O8S2/c1-3-22(8-12-43)36(46)49-37(2)9-6-24-20-50-51-21-28-7-10-41(28)33(44)15-27-19-40-32(39)16-29(27)34(24)38(37)18-26-14-25-13-23(5-4-11-42)35(45)47-30(25)17-31(26)48-38/h3,6,23,25-32,34,40,42-43H,4-5,7-21,39H2,1-2H3/p+1. The molecule has 6 N–H and O–H groups in total. The first-order chi connectivity index (χ1) is 24.6. The number of fused-ring (bicyclic) bond motifs is 7. The van der Waals surface area contributed by atoms with Gasteiger partial charge in [-0.1, -0.05) is 39.3 Å². The van der Waals surface area contributed by atoms with Crippen molar-refractivity contribution in [3.63, 3.8) is 0 Å². The van der Waals surface area contributed by atoms with E-state index in [-0.39, 0.29) is 85.4 Å². The lowest BCUT2D eigenvalue weighted by atomic mass is 9.56. The summed E-state index contributed by atoms with van der Waals surface area (Å²) in [5.41, 5.74) is 6.59. The van der Waals surface area contributed by atoms with Crippen molar-refractivity contribution < 1.29 is 44.1 Å². The number of nitrogens with two attached hydrogens (primary N) is 2. The number of quaternary nitrogens is 1. The Labute approximate surface area is 310 Å². The molecule has 0 aromatic heterocycles. The number of hydrogen-bond donors (Lipinski definition) is 4. The normalized spacial score (nSPS) is 42.8. The van der Waals surface area contributed by atoms with Crippen LogP contribution in [0.25, 0.3) is 0 Å². The molecule has 1 spiro atoms. The van der Waals surface area contributed by atoms with Crippen LogP contribution in [0.4, 0.5) is 0 Å². The van der Waals surface area contributed by atoms with E-state index in [2.05, 4.69) is 16.3 Å². The number of ether oxygens (including phenoxy) is 3. The number of aliphatic hydroxyl groups is 2. The van der Waals surface area contributed by atoms with E-state index in [1.165, 1.54) is 5.57 Å². The van der Waals surface area contributed by atoms with Crippen LogP contribution in [0.15, 0.2) is 23.3 Å². The van der Waals surface area contributed by atoms with Crippen LogP contribution in [0.5, 0.6) is 0 Å². The highest BCUT2D eigenvalue weighted by molar-refractivity contribution is 8.76. The van der Waals surface area contributed by atoms with Gasteiger partial charge in [0.2, 0.25) is 5.91 Å². The monoisotopic (exact) mass is 748 g/mol. The number of rotatable bonds is 7. The van der Waals surface area contributed by atoms with Gasteiger partial charge in [-0.25, -0.2) is 4.79 Å². The number of allylic oxidation sites excluding steroid dienone is 1. The summed E-state index contributed by atoms with van der Waals surface area (Å²) in [4.78, 5) is 43.0. The lowest BCUT2D eigenvalue weighted by Crippen LogP contribution is -2.96. The Kier molecular flexibility index (Phi) is 11.6. The molecule has 0 radical (unpaired) electrons. The maximum absolute atomic E-state index is 13.9. The van der Waals surface area contributed by atoms with Crippen molar-refractivity contribution in [2.24, 2.45) is 41.2 Å². The van der Waals surface area contributed by atoms with Crippen molar-refractivity contribution >= 4 is 39.4 Å². The summed E-state index contributed by atoms with van der Waals surface area (Å²) in [6.45, 7) is 5.33. The third-order valence-electron chi connectivity index (χ3n) is 13.6. The Morgan fingerprint density at radius 2 is 1.98 bits per heavy atom. The van der Waals surface area contributed by atoms with Crippen molar-refractivity contribution in [1.29, 1.82) is 0 Å². The average molecular weight is 749 g/mol.